The number of aryl methyl sites for hydroxylation is 1. The summed E-state index contributed by atoms with van der Waals surface area (Å²) in [5, 5.41) is 22.2. The van der Waals surface area contributed by atoms with Gasteiger partial charge in [0, 0.05) is 12.0 Å². The number of ether oxygens (including phenoxy) is 3. The molecule has 0 aromatic heterocycles. The molecule has 1 fully saturated rings. The van der Waals surface area contributed by atoms with Gasteiger partial charge in [-0.25, -0.2) is 0 Å². The molecule has 2 atom stereocenters. The first-order chi connectivity index (χ1) is 18.2. The molecule has 0 spiro atoms. The molecule has 2 unspecified atom stereocenters. The molecular weight excluding hydrogens is 486 g/mol. The van der Waals surface area contributed by atoms with E-state index in [1.165, 1.54) is 18.1 Å². The van der Waals surface area contributed by atoms with E-state index in [0.717, 1.165) is 16.9 Å². The zero-order valence-corrected chi connectivity index (χ0v) is 21.6. The SMILES string of the molecule is CCOc1cc(C2/C(=C(\O)c3ccc4c(c3)CC(C)O4)C(=O)C(=O)N2c2cc(C)ccc2O)ccc1OC. The molecule has 0 bridgehead atoms. The second-order valence-corrected chi connectivity index (χ2v) is 9.46. The number of rotatable bonds is 6. The maximum Gasteiger partial charge on any atom is 0.300 e. The van der Waals surface area contributed by atoms with Crippen LogP contribution in [0.4, 0.5) is 5.69 Å². The Morgan fingerprint density at radius 3 is 2.61 bits per heavy atom. The smallest absolute Gasteiger partial charge is 0.300 e. The summed E-state index contributed by atoms with van der Waals surface area (Å²) >= 11 is 0. The molecule has 0 radical (unpaired) electrons. The summed E-state index contributed by atoms with van der Waals surface area (Å²) in [6, 6.07) is 14.1. The van der Waals surface area contributed by atoms with E-state index in [2.05, 4.69) is 0 Å². The van der Waals surface area contributed by atoms with Crippen LogP contribution in [-0.2, 0) is 16.0 Å². The number of hydrogen-bond acceptors (Lipinski definition) is 7. The molecule has 196 valence electrons. The zero-order chi connectivity index (χ0) is 27.1. The highest BCUT2D eigenvalue weighted by Gasteiger charge is 2.48. The first-order valence-electron chi connectivity index (χ1n) is 12.4. The maximum atomic E-state index is 13.5. The van der Waals surface area contributed by atoms with Crippen molar-refractivity contribution in [2.75, 3.05) is 18.6 Å². The Labute approximate surface area is 220 Å². The fraction of sp³-hybridized carbons (Fsp3) is 0.267. The molecule has 1 saturated heterocycles. The second kappa shape index (κ2) is 9.78. The van der Waals surface area contributed by atoms with Gasteiger partial charge in [0.25, 0.3) is 11.7 Å². The molecular formula is C30H29NO7. The van der Waals surface area contributed by atoms with Crippen molar-refractivity contribution < 1.29 is 34.0 Å². The normalized spacial score (nSPS) is 19.8. The van der Waals surface area contributed by atoms with Crippen molar-refractivity contribution in [2.24, 2.45) is 0 Å². The van der Waals surface area contributed by atoms with Gasteiger partial charge in [0.1, 0.15) is 23.4 Å². The van der Waals surface area contributed by atoms with Crippen LogP contribution < -0.4 is 19.1 Å². The predicted molar refractivity (Wildman–Crippen MR) is 142 cm³/mol. The number of aromatic hydroxyl groups is 1. The van der Waals surface area contributed by atoms with E-state index in [1.807, 2.05) is 20.8 Å². The topological polar surface area (TPSA) is 106 Å². The number of methoxy groups -OCH3 is 1. The van der Waals surface area contributed by atoms with Gasteiger partial charge in [0.15, 0.2) is 11.5 Å². The van der Waals surface area contributed by atoms with Gasteiger partial charge in [0.2, 0.25) is 0 Å². The van der Waals surface area contributed by atoms with Gasteiger partial charge >= 0.3 is 0 Å². The highest BCUT2D eigenvalue weighted by atomic mass is 16.5. The summed E-state index contributed by atoms with van der Waals surface area (Å²) in [5.41, 5.74) is 2.68. The average molecular weight is 516 g/mol. The fourth-order valence-corrected chi connectivity index (χ4v) is 5.08. The Morgan fingerprint density at radius 2 is 1.87 bits per heavy atom. The van der Waals surface area contributed by atoms with Gasteiger partial charge in [-0.2, -0.15) is 0 Å². The number of aliphatic hydroxyl groups excluding tert-OH is 1. The summed E-state index contributed by atoms with van der Waals surface area (Å²) in [4.78, 5) is 28.3. The maximum absolute atomic E-state index is 13.5. The Hall–Kier alpha value is -4.46. The predicted octanol–water partition coefficient (Wildman–Crippen LogP) is 5.06. The number of carbonyl (C=O) groups excluding carboxylic acids is 2. The van der Waals surface area contributed by atoms with E-state index in [4.69, 9.17) is 14.2 Å². The number of phenolic OH excluding ortho intramolecular Hbond substituents is 1. The lowest BCUT2D eigenvalue weighted by molar-refractivity contribution is -0.132. The van der Waals surface area contributed by atoms with E-state index < -0.39 is 17.7 Å². The molecule has 0 aliphatic carbocycles. The third-order valence-electron chi connectivity index (χ3n) is 6.81. The van der Waals surface area contributed by atoms with Gasteiger partial charge in [0.05, 0.1) is 31.0 Å². The average Bonchev–Trinajstić information content (AvgIpc) is 3.40. The Bertz CT molecular complexity index is 1480. The Balaban J connectivity index is 1.73. The van der Waals surface area contributed by atoms with E-state index in [0.29, 0.717) is 35.7 Å². The minimum absolute atomic E-state index is 0.00792. The number of aliphatic hydroxyl groups is 1. The molecule has 5 rings (SSSR count). The van der Waals surface area contributed by atoms with E-state index in [-0.39, 0.29) is 28.9 Å². The van der Waals surface area contributed by atoms with Crippen molar-refractivity contribution >= 4 is 23.1 Å². The molecule has 1 amide bonds. The van der Waals surface area contributed by atoms with Crippen molar-refractivity contribution in [1.29, 1.82) is 0 Å². The number of carbonyl (C=O) groups is 2. The van der Waals surface area contributed by atoms with Crippen molar-refractivity contribution in [3.8, 4) is 23.0 Å². The Morgan fingerprint density at radius 1 is 1.08 bits per heavy atom. The van der Waals surface area contributed by atoms with Crippen LogP contribution in [0, 0.1) is 6.92 Å². The number of anilines is 1. The van der Waals surface area contributed by atoms with Gasteiger partial charge < -0.3 is 24.4 Å². The van der Waals surface area contributed by atoms with Crippen LogP contribution in [0.5, 0.6) is 23.0 Å². The number of fused-ring (bicyclic) bond motifs is 1. The van der Waals surface area contributed by atoms with E-state index in [9.17, 15) is 19.8 Å². The van der Waals surface area contributed by atoms with Gasteiger partial charge in [-0.1, -0.05) is 12.1 Å². The summed E-state index contributed by atoms with van der Waals surface area (Å²) in [7, 11) is 1.52. The van der Waals surface area contributed by atoms with E-state index >= 15 is 0 Å². The first-order valence-corrected chi connectivity index (χ1v) is 12.4. The standard InChI is InChI=1S/C30H29NO7/c1-5-37-25-15-18(7-11-24(25)36-4)27-26(28(33)19-8-10-23-20(14-19)13-17(3)38-23)29(34)30(35)31(27)21-12-16(2)6-9-22(21)32/h6-12,14-15,17,27,32-33H,5,13H2,1-4H3/b28-26+. The molecule has 3 aromatic rings. The van der Waals surface area contributed by atoms with E-state index in [1.54, 1.807) is 48.5 Å². The number of nitrogens with zero attached hydrogens (tertiary/aromatic N) is 1. The number of amides is 1. The summed E-state index contributed by atoms with van der Waals surface area (Å²) in [6.07, 6.45) is 0.676. The highest BCUT2D eigenvalue weighted by molar-refractivity contribution is 6.52. The lowest BCUT2D eigenvalue weighted by atomic mass is 9.94. The van der Waals surface area contributed by atoms with Crippen LogP contribution in [-0.4, -0.2) is 41.7 Å². The van der Waals surface area contributed by atoms with Crippen molar-refractivity contribution in [3.05, 3.63) is 82.4 Å². The lowest BCUT2D eigenvalue weighted by Crippen LogP contribution is -2.29. The zero-order valence-electron chi connectivity index (χ0n) is 21.6. The van der Waals surface area contributed by atoms with Crippen LogP contribution in [0.3, 0.4) is 0 Å². The van der Waals surface area contributed by atoms with Crippen molar-refractivity contribution in [2.45, 2.75) is 39.3 Å². The number of phenols is 1. The van der Waals surface area contributed by atoms with Crippen LogP contribution >= 0.6 is 0 Å². The minimum atomic E-state index is -1.03. The van der Waals surface area contributed by atoms with Crippen LogP contribution in [0.2, 0.25) is 0 Å². The Kier molecular flexibility index (Phi) is 6.48. The third kappa shape index (κ3) is 4.22. The molecule has 2 aliphatic heterocycles. The molecule has 2 aliphatic rings. The molecule has 38 heavy (non-hydrogen) atoms. The molecule has 8 heteroatoms. The van der Waals surface area contributed by atoms with Crippen molar-refractivity contribution in [1.82, 2.24) is 0 Å². The number of benzene rings is 3. The summed E-state index contributed by atoms with van der Waals surface area (Å²) < 4.78 is 16.9. The van der Waals surface area contributed by atoms with Crippen LogP contribution in [0.15, 0.2) is 60.2 Å². The quantitative estimate of drug-likeness (QED) is 0.269. The largest absolute Gasteiger partial charge is 0.507 e. The minimum Gasteiger partial charge on any atom is -0.507 e. The fourth-order valence-electron chi connectivity index (χ4n) is 5.08. The molecule has 8 nitrogen and oxygen atoms in total. The second-order valence-electron chi connectivity index (χ2n) is 9.46. The summed E-state index contributed by atoms with van der Waals surface area (Å²) in [5.74, 6) is -0.540. The van der Waals surface area contributed by atoms with Gasteiger partial charge in [-0.15, -0.1) is 0 Å². The molecule has 3 aromatic carbocycles. The number of Topliss-reactive ketones (excluding diaryl/α,β-unsaturated/α-hetero) is 1. The monoisotopic (exact) mass is 515 g/mol. The highest BCUT2D eigenvalue weighted by Crippen LogP contribution is 2.46. The number of ketones is 1. The van der Waals surface area contributed by atoms with Crippen molar-refractivity contribution in [3.63, 3.8) is 0 Å². The van der Waals surface area contributed by atoms with Gasteiger partial charge in [-0.3, -0.25) is 14.5 Å². The molecule has 2 heterocycles. The summed E-state index contributed by atoms with van der Waals surface area (Å²) in [6.45, 7) is 5.98. The molecule has 0 saturated carbocycles. The van der Waals surface area contributed by atoms with Crippen LogP contribution in [0.1, 0.15) is 42.1 Å². The van der Waals surface area contributed by atoms with Crippen LogP contribution in [0.25, 0.3) is 5.76 Å². The lowest BCUT2D eigenvalue weighted by Gasteiger charge is -2.27. The first kappa shape index (κ1) is 25.2. The van der Waals surface area contributed by atoms with Gasteiger partial charge in [-0.05, 0) is 79.9 Å². The number of hydrogen-bond donors (Lipinski definition) is 2. The molecule has 2 N–H and O–H groups in total. The third-order valence-corrected chi connectivity index (χ3v) is 6.81.